The van der Waals surface area contributed by atoms with Gasteiger partial charge in [0.2, 0.25) is 0 Å². The lowest BCUT2D eigenvalue weighted by Crippen LogP contribution is -2.34. The molecule has 100 valence electrons. The van der Waals surface area contributed by atoms with E-state index in [1.165, 1.54) is 18.9 Å². The van der Waals surface area contributed by atoms with Crippen molar-refractivity contribution in [1.82, 2.24) is 9.97 Å². The van der Waals surface area contributed by atoms with Crippen molar-refractivity contribution in [2.24, 2.45) is 17.6 Å². The molecule has 0 spiro atoms. The molecule has 2 saturated carbocycles. The average molecular weight is 263 g/mol. The minimum Gasteiger partial charge on any atom is -0.342 e. The van der Waals surface area contributed by atoms with Gasteiger partial charge in [-0.25, -0.2) is 13.8 Å². The van der Waals surface area contributed by atoms with Crippen molar-refractivity contribution in [3.05, 3.63) is 29.6 Å². The largest absolute Gasteiger partial charge is 0.342 e. The number of fused-ring (bicyclic) bond motifs is 3. The van der Waals surface area contributed by atoms with Crippen molar-refractivity contribution >= 4 is 11.0 Å². The summed E-state index contributed by atoms with van der Waals surface area (Å²) < 4.78 is 26.4. The van der Waals surface area contributed by atoms with E-state index in [0.29, 0.717) is 22.9 Å². The topological polar surface area (TPSA) is 54.7 Å². The van der Waals surface area contributed by atoms with Crippen LogP contribution in [-0.2, 0) is 0 Å². The number of hydrogen-bond donors (Lipinski definition) is 2. The number of benzene rings is 1. The van der Waals surface area contributed by atoms with Crippen molar-refractivity contribution in [3.63, 3.8) is 0 Å². The lowest BCUT2D eigenvalue weighted by molar-refractivity contribution is 0.356. The fraction of sp³-hybridized carbons (Fsp3) is 0.500. The molecule has 1 heterocycles. The van der Waals surface area contributed by atoms with Crippen molar-refractivity contribution < 1.29 is 8.78 Å². The number of rotatable bonds is 1. The molecule has 3 N–H and O–H groups in total. The van der Waals surface area contributed by atoms with Gasteiger partial charge in [0, 0.05) is 24.1 Å². The molecule has 0 amide bonds. The van der Waals surface area contributed by atoms with Crippen LogP contribution in [0, 0.1) is 23.5 Å². The van der Waals surface area contributed by atoms with Crippen molar-refractivity contribution in [2.45, 2.75) is 31.2 Å². The van der Waals surface area contributed by atoms with Crippen LogP contribution in [0.5, 0.6) is 0 Å². The molecule has 4 atom stereocenters. The van der Waals surface area contributed by atoms with Gasteiger partial charge < -0.3 is 10.7 Å². The Labute approximate surface area is 109 Å². The Kier molecular flexibility index (Phi) is 2.24. The molecule has 1 aromatic heterocycles. The van der Waals surface area contributed by atoms with Gasteiger partial charge in [-0.1, -0.05) is 0 Å². The molecular weight excluding hydrogens is 248 g/mol. The summed E-state index contributed by atoms with van der Waals surface area (Å²) in [5, 5.41) is 0. The highest BCUT2D eigenvalue weighted by atomic mass is 19.2. The fourth-order valence-corrected chi connectivity index (χ4v) is 3.92. The van der Waals surface area contributed by atoms with Crippen LogP contribution in [0.1, 0.15) is 31.0 Å². The molecule has 2 aromatic rings. The molecule has 0 radical (unpaired) electrons. The Morgan fingerprint density at radius 1 is 1.16 bits per heavy atom. The molecule has 4 unspecified atom stereocenters. The predicted molar refractivity (Wildman–Crippen MR) is 67.6 cm³/mol. The monoisotopic (exact) mass is 263 g/mol. The zero-order valence-corrected chi connectivity index (χ0v) is 10.4. The Bertz CT molecular complexity index is 610. The summed E-state index contributed by atoms with van der Waals surface area (Å²) in [6.45, 7) is 0. The Morgan fingerprint density at radius 3 is 2.63 bits per heavy atom. The van der Waals surface area contributed by atoms with E-state index < -0.39 is 11.6 Å². The summed E-state index contributed by atoms with van der Waals surface area (Å²) >= 11 is 0. The third-order valence-electron chi connectivity index (χ3n) is 4.84. The van der Waals surface area contributed by atoms with Gasteiger partial charge in [-0.3, -0.25) is 0 Å². The van der Waals surface area contributed by atoms with E-state index in [0.717, 1.165) is 18.3 Å². The normalized spacial score (nSPS) is 33.4. The first kappa shape index (κ1) is 11.3. The van der Waals surface area contributed by atoms with Crippen LogP contribution in [-0.4, -0.2) is 16.0 Å². The quantitative estimate of drug-likeness (QED) is 0.831. The highest BCUT2D eigenvalue weighted by Crippen LogP contribution is 2.51. The third-order valence-corrected chi connectivity index (χ3v) is 4.84. The van der Waals surface area contributed by atoms with Crippen LogP contribution in [0.4, 0.5) is 8.78 Å². The molecule has 1 aromatic carbocycles. The first-order valence-corrected chi connectivity index (χ1v) is 6.73. The van der Waals surface area contributed by atoms with Gasteiger partial charge >= 0.3 is 0 Å². The minimum atomic E-state index is -0.859. The number of nitrogens with one attached hydrogen (secondary N) is 1. The second-order valence-electron chi connectivity index (χ2n) is 5.84. The minimum absolute atomic E-state index is 0.119. The molecule has 2 aliphatic rings. The zero-order valence-electron chi connectivity index (χ0n) is 10.4. The second kappa shape index (κ2) is 3.76. The smallest absolute Gasteiger partial charge is 0.161 e. The SMILES string of the molecule is NC1C2CCC(C2)C1c1nc2cc(F)c(F)cc2[nH]1. The zero-order chi connectivity index (χ0) is 13.1. The van der Waals surface area contributed by atoms with Crippen molar-refractivity contribution in [3.8, 4) is 0 Å². The van der Waals surface area contributed by atoms with E-state index >= 15 is 0 Å². The van der Waals surface area contributed by atoms with E-state index in [2.05, 4.69) is 9.97 Å². The second-order valence-corrected chi connectivity index (χ2v) is 5.84. The number of aromatic amines is 1. The highest BCUT2D eigenvalue weighted by molar-refractivity contribution is 5.75. The predicted octanol–water partition coefficient (Wildman–Crippen LogP) is 2.68. The van der Waals surface area contributed by atoms with Gasteiger partial charge in [0.15, 0.2) is 11.6 Å². The molecule has 19 heavy (non-hydrogen) atoms. The van der Waals surface area contributed by atoms with Crippen LogP contribution < -0.4 is 5.73 Å². The number of halogens is 2. The maximum absolute atomic E-state index is 13.2. The number of nitrogens with two attached hydrogens (primary N) is 1. The third kappa shape index (κ3) is 1.54. The van der Waals surface area contributed by atoms with Crippen LogP contribution in [0.2, 0.25) is 0 Å². The van der Waals surface area contributed by atoms with Crippen LogP contribution in [0.3, 0.4) is 0 Å². The van der Waals surface area contributed by atoms with Crippen LogP contribution in [0.25, 0.3) is 11.0 Å². The summed E-state index contributed by atoms with van der Waals surface area (Å²) in [7, 11) is 0. The van der Waals surface area contributed by atoms with E-state index in [4.69, 9.17) is 5.73 Å². The lowest BCUT2D eigenvalue weighted by Gasteiger charge is -2.26. The maximum Gasteiger partial charge on any atom is 0.161 e. The van der Waals surface area contributed by atoms with Gasteiger partial charge in [-0.05, 0) is 31.1 Å². The van der Waals surface area contributed by atoms with Crippen molar-refractivity contribution in [2.75, 3.05) is 0 Å². The van der Waals surface area contributed by atoms with Gasteiger partial charge in [-0.15, -0.1) is 0 Å². The molecule has 2 bridgehead atoms. The summed E-state index contributed by atoms with van der Waals surface area (Å²) in [6.07, 6.45) is 3.54. The molecule has 0 aliphatic heterocycles. The average Bonchev–Trinajstić information content (AvgIpc) is 3.03. The number of H-pyrrole nitrogens is 1. The number of aromatic nitrogens is 2. The van der Waals surface area contributed by atoms with E-state index in [9.17, 15) is 8.78 Å². The first-order chi connectivity index (χ1) is 9.13. The summed E-state index contributed by atoms with van der Waals surface area (Å²) in [5.74, 6) is 0.437. The Balaban J connectivity index is 1.79. The van der Waals surface area contributed by atoms with E-state index in [1.807, 2.05) is 0 Å². The van der Waals surface area contributed by atoms with Crippen LogP contribution >= 0.6 is 0 Å². The van der Waals surface area contributed by atoms with E-state index in [-0.39, 0.29) is 12.0 Å². The number of imidazole rings is 1. The first-order valence-electron chi connectivity index (χ1n) is 6.73. The molecular formula is C14H15F2N3. The van der Waals surface area contributed by atoms with Gasteiger partial charge in [0.25, 0.3) is 0 Å². The molecule has 0 saturated heterocycles. The van der Waals surface area contributed by atoms with Gasteiger partial charge in [-0.2, -0.15) is 0 Å². The summed E-state index contributed by atoms with van der Waals surface area (Å²) in [5.41, 5.74) is 7.29. The Hall–Kier alpha value is -1.49. The standard InChI is InChI=1S/C14H15F2N3/c15-8-4-10-11(5-9(8)16)19-14(18-10)12-6-1-2-7(3-6)13(12)17/h4-7,12-13H,1-3,17H2,(H,18,19). The van der Waals surface area contributed by atoms with Crippen LogP contribution in [0.15, 0.2) is 12.1 Å². The summed E-state index contributed by atoms with van der Waals surface area (Å²) in [6, 6.07) is 2.43. The fourth-order valence-electron chi connectivity index (χ4n) is 3.92. The number of hydrogen-bond acceptors (Lipinski definition) is 2. The molecule has 3 nitrogen and oxygen atoms in total. The Morgan fingerprint density at radius 2 is 1.89 bits per heavy atom. The van der Waals surface area contributed by atoms with E-state index in [1.54, 1.807) is 0 Å². The lowest BCUT2D eigenvalue weighted by atomic mass is 9.84. The maximum atomic E-state index is 13.2. The summed E-state index contributed by atoms with van der Waals surface area (Å²) in [4.78, 5) is 7.55. The van der Waals surface area contributed by atoms with Crippen molar-refractivity contribution in [1.29, 1.82) is 0 Å². The van der Waals surface area contributed by atoms with Gasteiger partial charge in [0.1, 0.15) is 5.82 Å². The molecule has 5 heteroatoms. The number of nitrogens with zero attached hydrogens (tertiary/aromatic N) is 1. The highest BCUT2D eigenvalue weighted by Gasteiger charge is 2.47. The molecule has 4 rings (SSSR count). The molecule has 2 fully saturated rings. The molecule has 2 aliphatic carbocycles. The van der Waals surface area contributed by atoms with Gasteiger partial charge in [0.05, 0.1) is 11.0 Å².